The molecule has 2 aliphatic rings. The number of pyridine rings is 1. The first-order valence-electron chi connectivity index (χ1n) is 10.1. The van der Waals surface area contributed by atoms with Crippen LogP contribution in [0.3, 0.4) is 0 Å². The van der Waals surface area contributed by atoms with Crippen LogP contribution in [-0.2, 0) is 12.6 Å². The predicted octanol–water partition coefficient (Wildman–Crippen LogP) is 4.89. The molecule has 0 radical (unpaired) electrons. The average Bonchev–Trinajstić information content (AvgIpc) is 3.64. The van der Waals surface area contributed by atoms with Crippen LogP contribution in [0, 0.1) is 11.8 Å². The standard InChI is InChI=1S/C22H22F3N3O2/c1-29-16-6-4-14(5-7-16)17-11-15(17)12-30-18-8-9-28-19(10-13-2-3-13)26-27-21(28)20(18)22(23,24)25/h4-9,13,15,17H,2-3,10-12H2,1H3/t15-,17-/m0/s1. The molecule has 5 rings (SSSR count). The number of alkyl halides is 3. The summed E-state index contributed by atoms with van der Waals surface area (Å²) < 4.78 is 53.8. The maximum absolute atomic E-state index is 13.8. The second kappa shape index (κ2) is 7.18. The van der Waals surface area contributed by atoms with E-state index in [-0.39, 0.29) is 23.9 Å². The van der Waals surface area contributed by atoms with Gasteiger partial charge in [-0.2, -0.15) is 13.2 Å². The highest BCUT2D eigenvalue weighted by molar-refractivity contribution is 5.56. The number of aromatic nitrogens is 3. The Bertz CT molecular complexity index is 1060. The summed E-state index contributed by atoms with van der Waals surface area (Å²) in [5.41, 5.74) is 0.123. The number of hydrogen-bond acceptors (Lipinski definition) is 4. The molecule has 2 aliphatic carbocycles. The summed E-state index contributed by atoms with van der Waals surface area (Å²) in [7, 11) is 1.61. The van der Waals surface area contributed by atoms with Crippen molar-refractivity contribution in [2.24, 2.45) is 11.8 Å². The van der Waals surface area contributed by atoms with Crippen LogP contribution >= 0.6 is 0 Å². The topological polar surface area (TPSA) is 48.7 Å². The Balaban J connectivity index is 1.34. The van der Waals surface area contributed by atoms with E-state index >= 15 is 0 Å². The lowest BCUT2D eigenvalue weighted by Crippen LogP contribution is -2.13. The number of benzene rings is 1. The minimum absolute atomic E-state index is 0.180. The minimum atomic E-state index is -4.57. The van der Waals surface area contributed by atoms with E-state index in [0.717, 1.165) is 30.6 Å². The van der Waals surface area contributed by atoms with Crippen LogP contribution in [0.25, 0.3) is 5.65 Å². The van der Waals surface area contributed by atoms with E-state index in [2.05, 4.69) is 10.2 Å². The lowest BCUT2D eigenvalue weighted by atomic mass is 10.1. The van der Waals surface area contributed by atoms with Gasteiger partial charge in [-0.25, -0.2) is 0 Å². The van der Waals surface area contributed by atoms with Gasteiger partial charge in [0.1, 0.15) is 22.9 Å². The molecule has 2 saturated carbocycles. The first kappa shape index (κ1) is 19.2. The smallest absolute Gasteiger partial charge is 0.423 e. The fourth-order valence-electron chi connectivity index (χ4n) is 3.98. The van der Waals surface area contributed by atoms with Gasteiger partial charge in [-0.3, -0.25) is 4.40 Å². The lowest BCUT2D eigenvalue weighted by Gasteiger charge is -2.15. The number of fused-ring (bicyclic) bond motifs is 1. The van der Waals surface area contributed by atoms with Crippen molar-refractivity contribution in [1.29, 1.82) is 0 Å². The summed E-state index contributed by atoms with van der Waals surface area (Å²) in [6.45, 7) is 0.235. The van der Waals surface area contributed by atoms with Gasteiger partial charge in [-0.15, -0.1) is 10.2 Å². The van der Waals surface area contributed by atoms with Crippen molar-refractivity contribution < 1.29 is 22.6 Å². The molecule has 5 nitrogen and oxygen atoms in total. The highest BCUT2D eigenvalue weighted by atomic mass is 19.4. The number of ether oxygens (including phenoxy) is 2. The lowest BCUT2D eigenvalue weighted by molar-refractivity contribution is -0.138. The van der Waals surface area contributed by atoms with Gasteiger partial charge in [0.2, 0.25) is 0 Å². The molecule has 0 aliphatic heterocycles. The maximum Gasteiger partial charge on any atom is 0.423 e. The third-order valence-electron chi connectivity index (χ3n) is 5.98. The van der Waals surface area contributed by atoms with Crippen LogP contribution in [0.4, 0.5) is 13.2 Å². The van der Waals surface area contributed by atoms with Crippen molar-refractivity contribution in [3.05, 3.63) is 53.5 Å². The van der Waals surface area contributed by atoms with Crippen molar-refractivity contribution >= 4 is 5.65 Å². The molecule has 30 heavy (non-hydrogen) atoms. The van der Waals surface area contributed by atoms with Gasteiger partial charge in [0.15, 0.2) is 5.65 Å². The predicted molar refractivity (Wildman–Crippen MR) is 104 cm³/mol. The molecule has 2 aromatic heterocycles. The van der Waals surface area contributed by atoms with Crippen LogP contribution in [0.5, 0.6) is 11.5 Å². The Hall–Kier alpha value is -2.77. The molecule has 0 saturated heterocycles. The van der Waals surface area contributed by atoms with Crippen LogP contribution in [0.2, 0.25) is 0 Å². The van der Waals surface area contributed by atoms with Crippen molar-refractivity contribution in [3.8, 4) is 11.5 Å². The fraction of sp³-hybridized carbons (Fsp3) is 0.455. The van der Waals surface area contributed by atoms with Gasteiger partial charge < -0.3 is 9.47 Å². The van der Waals surface area contributed by atoms with Crippen molar-refractivity contribution in [1.82, 2.24) is 14.6 Å². The van der Waals surface area contributed by atoms with Gasteiger partial charge in [0.05, 0.1) is 13.7 Å². The third-order valence-corrected chi connectivity index (χ3v) is 5.98. The normalized spacial score (nSPS) is 21.1. The molecule has 3 aromatic rings. The largest absolute Gasteiger partial charge is 0.497 e. The minimum Gasteiger partial charge on any atom is -0.497 e. The Morgan fingerprint density at radius 1 is 1.10 bits per heavy atom. The first-order chi connectivity index (χ1) is 14.4. The van der Waals surface area contributed by atoms with Gasteiger partial charge in [-0.05, 0) is 54.9 Å². The van der Waals surface area contributed by atoms with Crippen LogP contribution < -0.4 is 9.47 Å². The summed E-state index contributed by atoms with van der Waals surface area (Å²) in [4.78, 5) is 0. The molecule has 8 heteroatoms. The molecular formula is C22H22F3N3O2. The third kappa shape index (κ3) is 3.70. The maximum atomic E-state index is 13.8. The van der Waals surface area contributed by atoms with Crippen LogP contribution in [0.15, 0.2) is 36.5 Å². The summed E-state index contributed by atoms with van der Waals surface area (Å²) in [6.07, 6.45) is 0.765. The van der Waals surface area contributed by atoms with E-state index in [9.17, 15) is 13.2 Å². The summed E-state index contributed by atoms with van der Waals surface area (Å²) in [6, 6.07) is 9.17. The molecule has 2 fully saturated rings. The summed E-state index contributed by atoms with van der Waals surface area (Å²) in [5, 5.41) is 7.86. The molecule has 0 amide bonds. The number of hydrogen-bond donors (Lipinski definition) is 0. The highest BCUT2D eigenvalue weighted by Gasteiger charge is 2.42. The summed E-state index contributed by atoms with van der Waals surface area (Å²) in [5.74, 6) is 2.18. The molecule has 2 atom stereocenters. The Kier molecular flexibility index (Phi) is 4.60. The van der Waals surface area contributed by atoms with Crippen molar-refractivity contribution in [2.75, 3.05) is 13.7 Å². The molecule has 158 valence electrons. The molecule has 2 heterocycles. The molecule has 0 N–H and O–H groups in total. The number of nitrogens with zero attached hydrogens (tertiary/aromatic N) is 3. The van der Waals surface area contributed by atoms with E-state index in [1.54, 1.807) is 13.3 Å². The second-order valence-electron chi connectivity index (χ2n) is 8.20. The molecular weight excluding hydrogens is 395 g/mol. The van der Waals surface area contributed by atoms with E-state index in [1.165, 1.54) is 10.5 Å². The van der Waals surface area contributed by atoms with E-state index in [0.29, 0.717) is 24.1 Å². The molecule has 0 bridgehead atoms. The number of methoxy groups -OCH3 is 1. The van der Waals surface area contributed by atoms with Crippen molar-refractivity contribution in [2.45, 2.75) is 37.8 Å². The van der Waals surface area contributed by atoms with Gasteiger partial charge in [-0.1, -0.05) is 12.1 Å². The summed E-state index contributed by atoms with van der Waals surface area (Å²) >= 11 is 0. The highest BCUT2D eigenvalue weighted by Crippen LogP contribution is 2.48. The first-order valence-corrected chi connectivity index (χ1v) is 10.1. The number of rotatable bonds is 7. The van der Waals surface area contributed by atoms with E-state index < -0.39 is 11.7 Å². The zero-order valence-electron chi connectivity index (χ0n) is 16.5. The van der Waals surface area contributed by atoms with Crippen molar-refractivity contribution in [3.63, 3.8) is 0 Å². The Morgan fingerprint density at radius 3 is 2.53 bits per heavy atom. The SMILES string of the molecule is COc1ccc([C@@H]2C[C@H]2COc2ccn3c(CC4CC4)nnc3c2C(F)(F)F)cc1. The van der Waals surface area contributed by atoms with Crippen LogP contribution in [0.1, 0.15) is 42.1 Å². The van der Waals surface area contributed by atoms with E-state index in [4.69, 9.17) is 9.47 Å². The zero-order chi connectivity index (χ0) is 20.9. The van der Waals surface area contributed by atoms with Gasteiger partial charge >= 0.3 is 6.18 Å². The van der Waals surface area contributed by atoms with Gasteiger partial charge in [0.25, 0.3) is 0 Å². The second-order valence-corrected chi connectivity index (χ2v) is 8.20. The monoisotopic (exact) mass is 417 g/mol. The fourth-order valence-corrected chi connectivity index (χ4v) is 3.98. The number of halogens is 3. The van der Waals surface area contributed by atoms with Crippen LogP contribution in [-0.4, -0.2) is 28.3 Å². The average molecular weight is 417 g/mol. The molecule has 1 aromatic carbocycles. The van der Waals surface area contributed by atoms with Gasteiger partial charge in [0, 0.05) is 18.5 Å². The zero-order valence-corrected chi connectivity index (χ0v) is 16.5. The quantitative estimate of drug-likeness (QED) is 0.549. The Labute approximate surface area is 171 Å². The molecule has 0 spiro atoms. The molecule has 0 unspecified atom stereocenters. The van der Waals surface area contributed by atoms with E-state index in [1.807, 2.05) is 24.3 Å². The Morgan fingerprint density at radius 2 is 1.87 bits per heavy atom.